The number of aliphatic imine (C=N–C) groups is 1. The lowest BCUT2D eigenvalue weighted by Gasteiger charge is -2.26. The Morgan fingerprint density at radius 3 is 2.58 bits per heavy atom. The van der Waals surface area contributed by atoms with Crippen LogP contribution in [0.5, 0.6) is 0 Å². The molecule has 0 bridgehead atoms. The van der Waals surface area contributed by atoms with E-state index in [4.69, 9.17) is 4.74 Å². The van der Waals surface area contributed by atoms with Crippen LogP contribution in [-0.4, -0.2) is 93.1 Å². The Morgan fingerprint density at radius 2 is 1.90 bits per heavy atom. The third-order valence-corrected chi connectivity index (χ3v) is 5.11. The number of ether oxygens (including phenoxy) is 1. The van der Waals surface area contributed by atoms with Crippen molar-refractivity contribution < 1.29 is 14.3 Å². The quantitative estimate of drug-likeness (QED) is 0.259. The predicted octanol–water partition coefficient (Wildman–Crippen LogP) is 0.264. The number of piperazine rings is 1. The number of amides is 2. The molecule has 0 spiro atoms. The number of benzene rings is 1. The van der Waals surface area contributed by atoms with Gasteiger partial charge in [0.05, 0.1) is 26.3 Å². The summed E-state index contributed by atoms with van der Waals surface area (Å²) in [7, 11) is 0. The lowest BCUT2D eigenvalue weighted by molar-refractivity contribution is -0.123. The summed E-state index contributed by atoms with van der Waals surface area (Å²) in [5.74, 6) is 0.556. The van der Waals surface area contributed by atoms with Crippen molar-refractivity contribution in [2.75, 3.05) is 65.6 Å². The van der Waals surface area contributed by atoms with Gasteiger partial charge in [-0.1, -0.05) is 12.1 Å². The van der Waals surface area contributed by atoms with E-state index in [1.165, 1.54) is 0 Å². The van der Waals surface area contributed by atoms with Gasteiger partial charge in [-0.05, 0) is 24.6 Å². The van der Waals surface area contributed by atoms with Crippen LogP contribution in [0.25, 0.3) is 0 Å². The highest BCUT2D eigenvalue weighted by atomic mass is 127. The van der Waals surface area contributed by atoms with Crippen LogP contribution in [0.1, 0.15) is 22.8 Å². The predicted molar refractivity (Wildman–Crippen MR) is 131 cm³/mol. The van der Waals surface area contributed by atoms with E-state index in [2.05, 4.69) is 25.8 Å². The largest absolute Gasteiger partial charge is 0.379 e. The molecule has 10 heteroatoms. The molecule has 0 radical (unpaired) electrons. The number of rotatable bonds is 7. The van der Waals surface area contributed by atoms with Gasteiger partial charge >= 0.3 is 0 Å². The van der Waals surface area contributed by atoms with E-state index in [9.17, 15) is 9.59 Å². The topological polar surface area (TPSA) is 98.3 Å². The molecule has 0 saturated carbocycles. The highest BCUT2D eigenvalue weighted by molar-refractivity contribution is 14.0. The second-order valence-electron chi connectivity index (χ2n) is 7.35. The number of nitrogens with one attached hydrogen (secondary N) is 3. The van der Waals surface area contributed by atoms with Crippen LogP contribution in [0.3, 0.4) is 0 Å². The Hall–Kier alpha value is -1.92. The van der Waals surface area contributed by atoms with E-state index >= 15 is 0 Å². The Labute approximate surface area is 201 Å². The molecule has 9 nitrogen and oxygen atoms in total. The number of halogens is 1. The fourth-order valence-corrected chi connectivity index (χ4v) is 3.42. The average molecular weight is 544 g/mol. The van der Waals surface area contributed by atoms with Gasteiger partial charge < -0.3 is 25.6 Å². The molecule has 3 rings (SSSR count). The van der Waals surface area contributed by atoms with Crippen LogP contribution in [-0.2, 0) is 16.1 Å². The molecule has 2 fully saturated rings. The van der Waals surface area contributed by atoms with Gasteiger partial charge in [-0.15, -0.1) is 24.0 Å². The zero-order chi connectivity index (χ0) is 21.2. The fraction of sp³-hybridized carbons (Fsp3) is 0.571. The van der Waals surface area contributed by atoms with Gasteiger partial charge in [0, 0.05) is 51.4 Å². The molecule has 1 aromatic carbocycles. The SMILES string of the molecule is CCNC(=NCc1ccc(C(=O)N2CCNC(=O)C2)cc1)NCCN1CCOCC1.I. The first-order chi connectivity index (χ1) is 14.7. The molecule has 0 unspecified atom stereocenters. The number of morpholine rings is 1. The van der Waals surface area contributed by atoms with E-state index in [0.717, 1.165) is 57.5 Å². The summed E-state index contributed by atoms with van der Waals surface area (Å²) in [4.78, 5) is 32.6. The van der Waals surface area contributed by atoms with Crippen LogP contribution in [0, 0.1) is 0 Å². The highest BCUT2D eigenvalue weighted by Gasteiger charge is 2.22. The Bertz CT molecular complexity index is 737. The Morgan fingerprint density at radius 1 is 1.16 bits per heavy atom. The van der Waals surface area contributed by atoms with Crippen molar-refractivity contribution in [1.82, 2.24) is 25.8 Å². The second-order valence-corrected chi connectivity index (χ2v) is 7.35. The first kappa shape index (κ1) is 25.3. The molecule has 1 aromatic rings. The van der Waals surface area contributed by atoms with E-state index in [0.29, 0.717) is 25.2 Å². The van der Waals surface area contributed by atoms with Crippen molar-refractivity contribution >= 4 is 41.8 Å². The van der Waals surface area contributed by atoms with E-state index < -0.39 is 0 Å². The molecule has 0 aliphatic carbocycles. The number of carbonyl (C=O) groups is 2. The molecule has 2 heterocycles. The Balaban J connectivity index is 0.00000341. The lowest BCUT2D eigenvalue weighted by atomic mass is 10.1. The van der Waals surface area contributed by atoms with Crippen LogP contribution in [0.2, 0.25) is 0 Å². The van der Waals surface area contributed by atoms with Crippen molar-refractivity contribution in [2.24, 2.45) is 4.99 Å². The molecule has 2 saturated heterocycles. The van der Waals surface area contributed by atoms with Crippen molar-refractivity contribution in [1.29, 1.82) is 0 Å². The summed E-state index contributed by atoms with van der Waals surface area (Å²) in [5, 5.41) is 9.37. The number of carbonyl (C=O) groups excluding carboxylic acids is 2. The summed E-state index contributed by atoms with van der Waals surface area (Å²) in [6.07, 6.45) is 0. The van der Waals surface area contributed by atoms with Gasteiger partial charge in [0.25, 0.3) is 5.91 Å². The molecule has 2 aliphatic rings. The minimum absolute atomic E-state index is 0. The van der Waals surface area contributed by atoms with Gasteiger partial charge in [-0.25, -0.2) is 4.99 Å². The van der Waals surface area contributed by atoms with Crippen molar-refractivity contribution in [3.05, 3.63) is 35.4 Å². The van der Waals surface area contributed by atoms with Crippen LogP contribution in [0.15, 0.2) is 29.3 Å². The van der Waals surface area contributed by atoms with Gasteiger partial charge in [0.1, 0.15) is 0 Å². The standard InChI is InChI=1S/C21H32N6O3.HI/c1-2-22-21(24-7-9-26-11-13-30-14-12-26)25-15-17-3-5-18(6-4-17)20(29)27-10-8-23-19(28)16-27;/h3-6H,2,7-16H2,1H3,(H,23,28)(H2,22,24,25);1H. The van der Waals surface area contributed by atoms with Crippen molar-refractivity contribution in [3.63, 3.8) is 0 Å². The first-order valence-electron chi connectivity index (χ1n) is 10.6. The summed E-state index contributed by atoms with van der Waals surface area (Å²) in [6.45, 7) is 9.85. The first-order valence-corrected chi connectivity index (χ1v) is 10.6. The number of nitrogens with zero attached hydrogens (tertiary/aromatic N) is 3. The molecule has 172 valence electrons. The molecule has 2 aliphatic heterocycles. The van der Waals surface area contributed by atoms with Crippen LogP contribution < -0.4 is 16.0 Å². The van der Waals surface area contributed by atoms with Crippen LogP contribution in [0.4, 0.5) is 0 Å². The third kappa shape index (κ3) is 8.26. The lowest BCUT2D eigenvalue weighted by Crippen LogP contribution is -2.49. The van der Waals surface area contributed by atoms with Crippen molar-refractivity contribution in [2.45, 2.75) is 13.5 Å². The molecule has 31 heavy (non-hydrogen) atoms. The van der Waals surface area contributed by atoms with E-state index in [1.807, 2.05) is 19.1 Å². The molecular weight excluding hydrogens is 511 g/mol. The molecule has 0 aromatic heterocycles. The number of guanidine groups is 1. The Kier molecular flexibility index (Phi) is 11.0. The zero-order valence-corrected chi connectivity index (χ0v) is 20.4. The second kappa shape index (κ2) is 13.5. The molecule has 3 N–H and O–H groups in total. The summed E-state index contributed by atoms with van der Waals surface area (Å²) in [5.41, 5.74) is 1.61. The van der Waals surface area contributed by atoms with Gasteiger partial charge in [0.15, 0.2) is 5.96 Å². The zero-order valence-electron chi connectivity index (χ0n) is 18.1. The van der Waals surface area contributed by atoms with Gasteiger partial charge in [-0.2, -0.15) is 0 Å². The monoisotopic (exact) mass is 544 g/mol. The average Bonchev–Trinajstić information content (AvgIpc) is 2.78. The highest BCUT2D eigenvalue weighted by Crippen LogP contribution is 2.10. The maximum absolute atomic E-state index is 12.5. The maximum Gasteiger partial charge on any atom is 0.254 e. The van der Waals surface area contributed by atoms with Gasteiger partial charge in [0.2, 0.25) is 5.91 Å². The van der Waals surface area contributed by atoms with Gasteiger partial charge in [-0.3, -0.25) is 14.5 Å². The number of hydrogen-bond donors (Lipinski definition) is 3. The number of hydrogen-bond acceptors (Lipinski definition) is 5. The maximum atomic E-state index is 12.5. The summed E-state index contributed by atoms with van der Waals surface area (Å²) < 4.78 is 5.38. The summed E-state index contributed by atoms with van der Waals surface area (Å²) in [6, 6.07) is 7.44. The van der Waals surface area contributed by atoms with Crippen LogP contribution >= 0.6 is 24.0 Å². The smallest absolute Gasteiger partial charge is 0.254 e. The third-order valence-electron chi connectivity index (χ3n) is 5.11. The minimum Gasteiger partial charge on any atom is -0.379 e. The summed E-state index contributed by atoms with van der Waals surface area (Å²) >= 11 is 0. The molecule has 2 amide bonds. The minimum atomic E-state index is -0.113. The van der Waals surface area contributed by atoms with E-state index in [1.54, 1.807) is 17.0 Å². The van der Waals surface area contributed by atoms with E-state index in [-0.39, 0.29) is 42.3 Å². The molecular formula is C21H33IN6O3. The normalized spacial score (nSPS) is 17.5. The van der Waals surface area contributed by atoms with Crippen molar-refractivity contribution in [3.8, 4) is 0 Å². The fourth-order valence-electron chi connectivity index (χ4n) is 3.42. The molecule has 0 atom stereocenters.